The monoisotopic (exact) mass is 260 g/mol. The van der Waals surface area contributed by atoms with Gasteiger partial charge in [-0.1, -0.05) is 37.2 Å². The molecule has 0 aliphatic carbocycles. The molecule has 0 aliphatic heterocycles. The molecule has 19 heavy (non-hydrogen) atoms. The van der Waals surface area contributed by atoms with Crippen LogP contribution in [-0.4, -0.2) is 17.0 Å². The van der Waals surface area contributed by atoms with Crippen LogP contribution in [0, 0.1) is 23.7 Å². The number of ketones is 1. The first-order valence-corrected chi connectivity index (χ1v) is 6.93. The summed E-state index contributed by atoms with van der Waals surface area (Å²) in [5.41, 5.74) is 0. The van der Waals surface area contributed by atoms with Gasteiger partial charge in [-0.25, -0.2) is 0 Å². The van der Waals surface area contributed by atoms with Crippen molar-refractivity contribution in [2.24, 2.45) is 0 Å². The molecule has 104 valence electrons. The third-order valence-electron chi connectivity index (χ3n) is 2.58. The van der Waals surface area contributed by atoms with E-state index in [1.165, 1.54) is 32.6 Å². The third-order valence-corrected chi connectivity index (χ3v) is 2.58. The Balaban J connectivity index is 3.52. The zero-order chi connectivity index (χ0) is 14.3. The van der Waals surface area contributed by atoms with E-state index in [0.29, 0.717) is 0 Å². The van der Waals surface area contributed by atoms with E-state index in [0.717, 1.165) is 19.3 Å². The Bertz CT molecular complexity index is 374. The fourth-order valence-electron chi connectivity index (χ4n) is 1.58. The second-order valence-corrected chi connectivity index (χ2v) is 4.59. The molecule has 0 aliphatic rings. The van der Waals surface area contributed by atoms with Gasteiger partial charge in [-0.2, -0.15) is 0 Å². The maximum absolute atomic E-state index is 10.7. The molecule has 0 spiro atoms. The fourth-order valence-corrected chi connectivity index (χ4v) is 1.58. The average Bonchev–Trinajstić information content (AvgIpc) is 2.35. The topological polar surface area (TPSA) is 37.3 Å². The smallest absolute Gasteiger partial charge is 0.133 e. The third kappa shape index (κ3) is 14.4. The van der Waals surface area contributed by atoms with Crippen LogP contribution in [0.5, 0.6) is 0 Å². The number of unbranched alkanes of at least 4 members (excludes halogenated alkanes) is 6. The number of allylic oxidation sites excluding steroid dienone is 1. The number of hydrogen-bond acceptors (Lipinski definition) is 2. The van der Waals surface area contributed by atoms with Crippen molar-refractivity contribution in [3.8, 4) is 23.7 Å². The highest BCUT2D eigenvalue weighted by Gasteiger charge is 2.01. The SMILES string of the molecule is C=CCCCCCCCC#CC#C[C@@H](O)CC(C)=O. The lowest BCUT2D eigenvalue weighted by Gasteiger charge is -1.96. The highest BCUT2D eigenvalue weighted by molar-refractivity contribution is 5.76. The number of aliphatic hydroxyl groups excluding tert-OH is 1. The lowest BCUT2D eigenvalue weighted by atomic mass is 10.1. The summed E-state index contributed by atoms with van der Waals surface area (Å²) in [4.78, 5) is 10.7. The summed E-state index contributed by atoms with van der Waals surface area (Å²) >= 11 is 0. The van der Waals surface area contributed by atoms with Crippen LogP contribution in [0.25, 0.3) is 0 Å². The second-order valence-electron chi connectivity index (χ2n) is 4.59. The molecule has 0 radical (unpaired) electrons. The molecule has 0 saturated heterocycles. The molecule has 0 bridgehead atoms. The lowest BCUT2D eigenvalue weighted by molar-refractivity contribution is -0.118. The summed E-state index contributed by atoms with van der Waals surface area (Å²) in [6, 6.07) is 0. The molecule has 0 aromatic rings. The maximum Gasteiger partial charge on any atom is 0.133 e. The van der Waals surface area contributed by atoms with Crippen molar-refractivity contribution in [1.82, 2.24) is 0 Å². The molecular weight excluding hydrogens is 236 g/mol. The van der Waals surface area contributed by atoms with E-state index in [1.54, 1.807) is 0 Å². The van der Waals surface area contributed by atoms with Crippen LogP contribution in [-0.2, 0) is 4.79 Å². The Labute approximate surface area is 117 Å². The summed E-state index contributed by atoms with van der Waals surface area (Å²) in [5.74, 6) is 10.7. The summed E-state index contributed by atoms with van der Waals surface area (Å²) < 4.78 is 0. The van der Waals surface area contributed by atoms with Crippen LogP contribution >= 0.6 is 0 Å². The van der Waals surface area contributed by atoms with Gasteiger partial charge in [-0.15, -0.1) is 6.58 Å². The summed E-state index contributed by atoms with van der Waals surface area (Å²) in [6.45, 7) is 5.13. The number of aliphatic hydroxyl groups is 1. The van der Waals surface area contributed by atoms with Crippen LogP contribution < -0.4 is 0 Å². The van der Waals surface area contributed by atoms with Crippen LogP contribution in [0.15, 0.2) is 12.7 Å². The molecular formula is C17H24O2. The Kier molecular flexibility index (Phi) is 11.9. The summed E-state index contributed by atoms with van der Waals surface area (Å²) in [7, 11) is 0. The molecule has 0 amide bonds. The van der Waals surface area contributed by atoms with E-state index in [9.17, 15) is 9.90 Å². The van der Waals surface area contributed by atoms with Gasteiger partial charge in [0.05, 0.1) is 0 Å². The molecule has 0 fully saturated rings. The van der Waals surface area contributed by atoms with Crippen LogP contribution in [0.1, 0.15) is 58.3 Å². The van der Waals surface area contributed by atoms with Crippen molar-refractivity contribution in [2.75, 3.05) is 0 Å². The molecule has 1 N–H and O–H groups in total. The van der Waals surface area contributed by atoms with Gasteiger partial charge < -0.3 is 5.11 Å². The molecule has 0 heterocycles. The van der Waals surface area contributed by atoms with E-state index in [1.807, 2.05) is 6.08 Å². The van der Waals surface area contributed by atoms with Crippen molar-refractivity contribution in [2.45, 2.75) is 64.4 Å². The van der Waals surface area contributed by atoms with Gasteiger partial charge in [0.1, 0.15) is 11.9 Å². The van der Waals surface area contributed by atoms with Crippen molar-refractivity contribution < 1.29 is 9.90 Å². The molecule has 1 atom stereocenters. The molecule has 0 unspecified atom stereocenters. The standard InChI is InChI=1S/C17H24O2/c1-3-4-5-6-7-8-9-10-11-12-13-14-17(19)15-16(2)18/h3,17,19H,1,4-10,15H2,2H3/t17-/m1/s1. The first-order chi connectivity index (χ1) is 9.16. The van der Waals surface area contributed by atoms with Crippen molar-refractivity contribution in [3.05, 3.63) is 12.7 Å². The molecule has 2 heteroatoms. The number of Topliss-reactive ketones (excluding diaryl/α,β-unsaturated/α-hetero) is 1. The van der Waals surface area contributed by atoms with Gasteiger partial charge in [-0.3, -0.25) is 4.79 Å². The Morgan fingerprint density at radius 1 is 1.21 bits per heavy atom. The Morgan fingerprint density at radius 3 is 2.58 bits per heavy atom. The Hall–Kier alpha value is -1.51. The zero-order valence-electron chi connectivity index (χ0n) is 11.9. The van der Waals surface area contributed by atoms with Crippen LogP contribution in [0.3, 0.4) is 0 Å². The van der Waals surface area contributed by atoms with E-state index < -0.39 is 6.10 Å². The normalized spacial score (nSPS) is 10.6. The first-order valence-electron chi connectivity index (χ1n) is 6.93. The minimum absolute atomic E-state index is 0.0637. The predicted octanol–water partition coefficient (Wildman–Crippen LogP) is 3.25. The largest absolute Gasteiger partial charge is 0.380 e. The second kappa shape index (κ2) is 12.9. The highest BCUT2D eigenvalue weighted by Crippen LogP contribution is 2.06. The van der Waals surface area contributed by atoms with E-state index >= 15 is 0 Å². The van der Waals surface area contributed by atoms with E-state index in [4.69, 9.17) is 0 Å². The highest BCUT2D eigenvalue weighted by atomic mass is 16.3. The van der Waals surface area contributed by atoms with E-state index in [-0.39, 0.29) is 12.2 Å². The van der Waals surface area contributed by atoms with Crippen molar-refractivity contribution in [1.29, 1.82) is 0 Å². The minimum Gasteiger partial charge on any atom is -0.380 e. The van der Waals surface area contributed by atoms with E-state index in [2.05, 4.69) is 30.3 Å². The minimum atomic E-state index is -0.878. The van der Waals surface area contributed by atoms with Crippen LogP contribution in [0.2, 0.25) is 0 Å². The van der Waals surface area contributed by atoms with Crippen molar-refractivity contribution in [3.63, 3.8) is 0 Å². The summed E-state index contributed by atoms with van der Waals surface area (Å²) in [5, 5.41) is 9.29. The number of carbonyl (C=O) groups is 1. The van der Waals surface area contributed by atoms with Gasteiger partial charge in [0.2, 0.25) is 0 Å². The van der Waals surface area contributed by atoms with Crippen molar-refractivity contribution >= 4 is 5.78 Å². The number of hydrogen-bond donors (Lipinski definition) is 1. The lowest BCUT2D eigenvalue weighted by Crippen LogP contribution is -2.07. The quantitative estimate of drug-likeness (QED) is 0.392. The first kappa shape index (κ1) is 17.5. The van der Waals surface area contributed by atoms with Gasteiger partial charge >= 0.3 is 0 Å². The Morgan fingerprint density at radius 2 is 1.89 bits per heavy atom. The number of rotatable bonds is 9. The van der Waals surface area contributed by atoms with Gasteiger partial charge in [0, 0.05) is 12.8 Å². The average molecular weight is 260 g/mol. The maximum atomic E-state index is 10.7. The summed E-state index contributed by atoms with van der Waals surface area (Å²) in [6.07, 6.45) is 9.16. The molecule has 2 nitrogen and oxygen atoms in total. The molecule has 0 aromatic carbocycles. The van der Waals surface area contributed by atoms with Gasteiger partial charge in [0.15, 0.2) is 0 Å². The van der Waals surface area contributed by atoms with Gasteiger partial charge in [-0.05, 0) is 38.0 Å². The number of carbonyl (C=O) groups excluding carboxylic acids is 1. The fraction of sp³-hybridized carbons (Fsp3) is 0.588. The van der Waals surface area contributed by atoms with Gasteiger partial charge in [0.25, 0.3) is 0 Å². The zero-order valence-corrected chi connectivity index (χ0v) is 11.9. The molecule has 0 aromatic heterocycles. The molecule has 0 saturated carbocycles. The predicted molar refractivity (Wildman–Crippen MR) is 79.4 cm³/mol. The van der Waals surface area contributed by atoms with Crippen LogP contribution in [0.4, 0.5) is 0 Å². The molecule has 0 rings (SSSR count).